The Morgan fingerprint density at radius 3 is 3.20 bits per heavy atom. The highest BCUT2D eigenvalue weighted by Gasteiger charge is 2.32. The molecule has 2 fully saturated rings. The molecule has 2 aliphatic rings. The molecule has 1 unspecified atom stereocenters. The number of rotatable bonds is 6. The maximum Gasteiger partial charge on any atom is 0.230 e. The number of nitrogens with one attached hydrogen (secondary N) is 1. The van der Waals surface area contributed by atoms with Crippen molar-refractivity contribution < 1.29 is 14.6 Å². The van der Waals surface area contributed by atoms with Crippen LogP contribution in [-0.4, -0.2) is 56.9 Å². The van der Waals surface area contributed by atoms with Crippen LogP contribution in [0.3, 0.4) is 0 Å². The minimum Gasteiger partial charge on any atom is -0.386 e. The number of carbonyl (C=O) groups is 1. The van der Waals surface area contributed by atoms with E-state index in [2.05, 4.69) is 15.5 Å². The molecule has 3 rings (SSSR count). The van der Waals surface area contributed by atoms with Gasteiger partial charge in [0.05, 0.1) is 12.4 Å². The van der Waals surface area contributed by atoms with Gasteiger partial charge in [0.25, 0.3) is 0 Å². The minimum atomic E-state index is -0.908. The number of hydrogen-bond acceptors (Lipinski definition) is 6. The Labute approximate surface area is 121 Å². The Hall–Kier alpha value is -1.12. The second-order valence-corrected chi connectivity index (χ2v) is 6.29. The molecule has 20 heavy (non-hydrogen) atoms. The molecule has 0 radical (unpaired) electrons. The summed E-state index contributed by atoms with van der Waals surface area (Å²) < 4.78 is 7.16. The summed E-state index contributed by atoms with van der Waals surface area (Å²) in [5.74, 6) is 0.170. The van der Waals surface area contributed by atoms with Gasteiger partial charge in [-0.15, -0.1) is 10.2 Å². The minimum absolute atomic E-state index is 0.110. The summed E-state index contributed by atoms with van der Waals surface area (Å²) in [6.07, 6.45) is 4.60. The summed E-state index contributed by atoms with van der Waals surface area (Å²) in [5, 5.41) is 21.5. The first-order valence-electron chi connectivity index (χ1n) is 6.75. The molecule has 1 amide bonds. The van der Waals surface area contributed by atoms with Crippen molar-refractivity contribution >= 4 is 17.7 Å². The quantitative estimate of drug-likeness (QED) is 0.717. The average Bonchev–Trinajstić information content (AvgIpc) is 3.01. The summed E-state index contributed by atoms with van der Waals surface area (Å²) in [4.78, 5) is 11.8. The molecule has 1 saturated carbocycles. The van der Waals surface area contributed by atoms with Crippen LogP contribution in [0.25, 0.3) is 0 Å². The van der Waals surface area contributed by atoms with Crippen molar-refractivity contribution in [1.82, 2.24) is 20.1 Å². The zero-order chi connectivity index (χ0) is 14.0. The van der Waals surface area contributed by atoms with Crippen LogP contribution < -0.4 is 5.32 Å². The second-order valence-electron chi connectivity index (χ2n) is 5.34. The number of aromatic nitrogens is 3. The van der Waals surface area contributed by atoms with Gasteiger partial charge in [0.1, 0.15) is 11.9 Å². The number of thioether (sulfide) groups is 1. The van der Waals surface area contributed by atoms with Gasteiger partial charge in [-0.25, -0.2) is 0 Å². The van der Waals surface area contributed by atoms with Crippen LogP contribution in [0.15, 0.2) is 11.5 Å². The fraction of sp³-hybridized carbons (Fsp3) is 0.750. The van der Waals surface area contributed by atoms with Crippen molar-refractivity contribution in [2.24, 2.45) is 0 Å². The Morgan fingerprint density at radius 2 is 2.50 bits per heavy atom. The zero-order valence-corrected chi connectivity index (χ0v) is 11.9. The summed E-state index contributed by atoms with van der Waals surface area (Å²) >= 11 is 1.38. The van der Waals surface area contributed by atoms with Crippen LogP contribution in [0, 0.1) is 0 Å². The fourth-order valence-electron chi connectivity index (χ4n) is 2.12. The molecule has 1 saturated heterocycles. The van der Waals surface area contributed by atoms with Crippen molar-refractivity contribution in [1.29, 1.82) is 0 Å². The largest absolute Gasteiger partial charge is 0.386 e. The first kappa shape index (κ1) is 13.8. The van der Waals surface area contributed by atoms with E-state index < -0.39 is 5.60 Å². The summed E-state index contributed by atoms with van der Waals surface area (Å²) in [5.41, 5.74) is -0.908. The summed E-state index contributed by atoms with van der Waals surface area (Å²) in [6.45, 7) is 1.07. The highest BCUT2D eigenvalue weighted by Crippen LogP contribution is 2.37. The van der Waals surface area contributed by atoms with E-state index in [4.69, 9.17) is 4.74 Å². The highest BCUT2D eigenvalue weighted by molar-refractivity contribution is 7.99. The molecule has 0 aromatic carbocycles. The zero-order valence-electron chi connectivity index (χ0n) is 11.1. The first-order chi connectivity index (χ1) is 9.66. The third kappa shape index (κ3) is 3.31. The summed E-state index contributed by atoms with van der Waals surface area (Å²) in [7, 11) is 0. The predicted molar refractivity (Wildman–Crippen MR) is 72.4 cm³/mol. The van der Waals surface area contributed by atoms with E-state index in [1.165, 1.54) is 11.8 Å². The lowest BCUT2D eigenvalue weighted by atomic mass is 10.0. The third-order valence-corrected chi connectivity index (χ3v) is 4.47. The first-order valence-corrected chi connectivity index (χ1v) is 7.74. The lowest BCUT2D eigenvalue weighted by Gasteiger charge is -2.20. The van der Waals surface area contributed by atoms with Crippen LogP contribution in [0.1, 0.15) is 25.3 Å². The topological polar surface area (TPSA) is 89.3 Å². The number of carbonyl (C=O) groups excluding carboxylic acids is 1. The smallest absolute Gasteiger partial charge is 0.230 e. The van der Waals surface area contributed by atoms with Crippen LogP contribution in [0.4, 0.5) is 0 Å². The van der Waals surface area contributed by atoms with E-state index >= 15 is 0 Å². The van der Waals surface area contributed by atoms with Gasteiger partial charge < -0.3 is 19.7 Å². The summed E-state index contributed by atoms with van der Waals surface area (Å²) in [6, 6.07) is 0.506. The number of amides is 1. The molecule has 7 nitrogen and oxygen atoms in total. The SMILES string of the molecule is O=C(CSc1nncn1C1CC1)NCC1(O)CCOC1. The lowest BCUT2D eigenvalue weighted by molar-refractivity contribution is -0.119. The van der Waals surface area contributed by atoms with Crippen molar-refractivity contribution in [2.75, 3.05) is 25.5 Å². The molecule has 1 aromatic rings. The molecule has 8 heteroatoms. The van der Waals surface area contributed by atoms with E-state index in [0.29, 0.717) is 19.1 Å². The Kier molecular flexibility index (Phi) is 3.95. The van der Waals surface area contributed by atoms with E-state index in [1.807, 2.05) is 4.57 Å². The van der Waals surface area contributed by atoms with Gasteiger partial charge in [-0.2, -0.15) is 0 Å². The van der Waals surface area contributed by atoms with Crippen LogP contribution in [-0.2, 0) is 9.53 Å². The monoisotopic (exact) mass is 298 g/mol. The van der Waals surface area contributed by atoms with Gasteiger partial charge >= 0.3 is 0 Å². The number of nitrogens with zero attached hydrogens (tertiary/aromatic N) is 3. The fourth-order valence-corrected chi connectivity index (χ4v) is 2.93. The van der Waals surface area contributed by atoms with Gasteiger partial charge in [0.2, 0.25) is 5.91 Å². The molecule has 0 spiro atoms. The normalized spacial score (nSPS) is 25.9. The van der Waals surface area contributed by atoms with Crippen LogP contribution >= 0.6 is 11.8 Å². The second kappa shape index (κ2) is 5.71. The predicted octanol–water partition coefficient (Wildman–Crippen LogP) is -0.0273. The van der Waals surface area contributed by atoms with Crippen molar-refractivity contribution in [3.05, 3.63) is 6.33 Å². The van der Waals surface area contributed by atoms with E-state index in [1.54, 1.807) is 6.33 Å². The number of aliphatic hydroxyl groups is 1. The molecule has 0 bridgehead atoms. The van der Waals surface area contributed by atoms with E-state index in [9.17, 15) is 9.90 Å². The van der Waals surface area contributed by atoms with Gasteiger partial charge in [-0.3, -0.25) is 4.79 Å². The molecule has 110 valence electrons. The van der Waals surface area contributed by atoms with E-state index in [-0.39, 0.29) is 24.8 Å². The maximum absolute atomic E-state index is 11.8. The molecular weight excluding hydrogens is 280 g/mol. The molecule has 1 aromatic heterocycles. The van der Waals surface area contributed by atoms with E-state index in [0.717, 1.165) is 18.0 Å². The molecule has 2 N–H and O–H groups in total. The standard InChI is InChI=1S/C12H18N4O3S/c17-10(13-6-12(18)3-4-19-7-12)5-20-11-15-14-8-16(11)9-1-2-9/h8-9,18H,1-7H2,(H,13,17). The highest BCUT2D eigenvalue weighted by atomic mass is 32.2. The van der Waals surface area contributed by atoms with Crippen molar-refractivity contribution in [3.8, 4) is 0 Å². The number of hydrogen-bond donors (Lipinski definition) is 2. The average molecular weight is 298 g/mol. The van der Waals surface area contributed by atoms with Crippen LogP contribution in [0.2, 0.25) is 0 Å². The van der Waals surface area contributed by atoms with Crippen LogP contribution in [0.5, 0.6) is 0 Å². The Bertz CT molecular complexity index is 483. The van der Waals surface area contributed by atoms with Crippen molar-refractivity contribution in [3.63, 3.8) is 0 Å². The van der Waals surface area contributed by atoms with Gasteiger partial charge in [-0.05, 0) is 12.8 Å². The molecule has 2 heterocycles. The Morgan fingerprint density at radius 1 is 1.65 bits per heavy atom. The van der Waals surface area contributed by atoms with Gasteiger partial charge in [0.15, 0.2) is 5.16 Å². The molecule has 1 atom stereocenters. The van der Waals surface area contributed by atoms with Gasteiger partial charge in [0, 0.05) is 25.6 Å². The molecule has 1 aliphatic heterocycles. The van der Waals surface area contributed by atoms with Gasteiger partial charge in [-0.1, -0.05) is 11.8 Å². The molecular formula is C12H18N4O3S. The van der Waals surface area contributed by atoms with Crippen molar-refractivity contribution in [2.45, 2.75) is 36.1 Å². The lowest BCUT2D eigenvalue weighted by Crippen LogP contribution is -2.43. The number of ether oxygens (including phenoxy) is 1. The molecule has 1 aliphatic carbocycles. The maximum atomic E-state index is 11.8. The third-order valence-electron chi connectivity index (χ3n) is 3.51. The Balaban J connectivity index is 1.43.